The number of fused-ring (bicyclic) bond motifs is 2. The highest BCUT2D eigenvalue weighted by molar-refractivity contribution is 5.99. The van der Waals surface area contributed by atoms with Crippen molar-refractivity contribution >= 4 is 33.7 Å². The van der Waals surface area contributed by atoms with Crippen LogP contribution in [-0.4, -0.2) is 51.8 Å². The van der Waals surface area contributed by atoms with Gasteiger partial charge in [0.25, 0.3) is 5.56 Å². The molecule has 32 heavy (non-hydrogen) atoms. The van der Waals surface area contributed by atoms with Gasteiger partial charge in [-0.3, -0.25) is 9.59 Å². The van der Waals surface area contributed by atoms with Crippen molar-refractivity contribution in [1.29, 1.82) is 0 Å². The molecular weight excluding hydrogens is 408 g/mol. The van der Waals surface area contributed by atoms with Gasteiger partial charge in [-0.05, 0) is 37.1 Å². The maximum atomic E-state index is 12.4. The van der Waals surface area contributed by atoms with E-state index in [1.54, 1.807) is 12.3 Å². The fourth-order valence-corrected chi connectivity index (χ4v) is 4.12. The largest absolute Gasteiger partial charge is 0.378 e. The molecule has 0 atom stereocenters. The van der Waals surface area contributed by atoms with E-state index < -0.39 is 0 Å². The summed E-state index contributed by atoms with van der Waals surface area (Å²) in [4.78, 5) is 33.9. The highest BCUT2D eigenvalue weighted by Crippen LogP contribution is 2.31. The van der Waals surface area contributed by atoms with Crippen LogP contribution in [-0.2, 0) is 9.53 Å². The first-order valence-electron chi connectivity index (χ1n) is 10.8. The number of pyridine rings is 3. The molecule has 0 aromatic carbocycles. The summed E-state index contributed by atoms with van der Waals surface area (Å²) in [5.74, 6) is 0.497. The monoisotopic (exact) mass is 430 g/mol. The predicted molar refractivity (Wildman–Crippen MR) is 121 cm³/mol. The van der Waals surface area contributed by atoms with E-state index in [0.717, 1.165) is 61.6 Å². The smallest absolute Gasteiger partial charge is 0.257 e. The number of rotatable bonds is 4. The van der Waals surface area contributed by atoms with Crippen molar-refractivity contribution in [2.24, 2.45) is 5.92 Å². The summed E-state index contributed by atoms with van der Waals surface area (Å²) in [7, 11) is 0. The lowest BCUT2D eigenvalue weighted by molar-refractivity contribution is -0.117. The molecule has 9 nitrogen and oxygen atoms in total. The van der Waals surface area contributed by atoms with Gasteiger partial charge in [0.05, 0.1) is 41.7 Å². The summed E-state index contributed by atoms with van der Waals surface area (Å²) >= 11 is 0. The Hall–Kier alpha value is -3.72. The average molecular weight is 430 g/mol. The Morgan fingerprint density at radius 1 is 1.16 bits per heavy atom. The lowest BCUT2D eigenvalue weighted by Crippen LogP contribution is -2.36. The van der Waals surface area contributed by atoms with Crippen LogP contribution in [0.15, 0.2) is 47.7 Å². The zero-order chi connectivity index (χ0) is 21.7. The Kier molecular flexibility index (Phi) is 4.43. The normalized spacial score (nSPS) is 16.6. The molecule has 9 heteroatoms. The van der Waals surface area contributed by atoms with Crippen molar-refractivity contribution in [3.05, 3.63) is 53.2 Å². The van der Waals surface area contributed by atoms with Crippen LogP contribution in [0, 0.1) is 5.92 Å². The number of hydrogen-bond acceptors (Lipinski definition) is 6. The predicted octanol–water partition coefficient (Wildman–Crippen LogP) is 2.42. The summed E-state index contributed by atoms with van der Waals surface area (Å²) in [6.45, 7) is 3.15. The standard InChI is InChI=1S/C23H22N6O3/c30-22(14-1-2-14)26-21-10-17-18(11-25-23(31)19(17)12-24-21)20-9-15-3-4-16(13-29(15)27-20)28-5-7-32-8-6-28/h3-4,9-14H,1-2,5-8H2,(H,25,31)(H,24,26,30). The summed E-state index contributed by atoms with van der Waals surface area (Å²) in [5.41, 5.74) is 3.33. The summed E-state index contributed by atoms with van der Waals surface area (Å²) < 4.78 is 7.30. The number of morpholine rings is 1. The topological polar surface area (TPSA) is 105 Å². The molecule has 0 unspecified atom stereocenters. The van der Waals surface area contributed by atoms with Crippen LogP contribution in [0.1, 0.15) is 12.8 Å². The molecule has 162 valence electrons. The lowest BCUT2D eigenvalue weighted by atomic mass is 10.1. The maximum Gasteiger partial charge on any atom is 0.257 e. The molecule has 2 aliphatic rings. The number of carbonyl (C=O) groups excluding carboxylic acids is 1. The Morgan fingerprint density at radius 3 is 2.81 bits per heavy atom. The number of hydrogen-bond donors (Lipinski definition) is 2. The Bertz CT molecular complexity index is 1400. The summed E-state index contributed by atoms with van der Waals surface area (Å²) in [5, 5.41) is 8.79. The van der Waals surface area contributed by atoms with Gasteiger partial charge in [0.2, 0.25) is 5.91 Å². The minimum atomic E-state index is -0.227. The highest BCUT2D eigenvalue weighted by Gasteiger charge is 2.29. The molecule has 0 radical (unpaired) electrons. The Morgan fingerprint density at radius 2 is 2.00 bits per heavy atom. The van der Waals surface area contributed by atoms with E-state index in [0.29, 0.717) is 16.6 Å². The summed E-state index contributed by atoms with van der Waals surface area (Å²) in [6.07, 6.45) is 7.02. The van der Waals surface area contributed by atoms with Gasteiger partial charge >= 0.3 is 0 Å². The molecule has 5 heterocycles. The molecule has 0 spiro atoms. The van der Waals surface area contributed by atoms with Crippen molar-refractivity contribution in [2.45, 2.75) is 12.8 Å². The van der Waals surface area contributed by atoms with Crippen LogP contribution in [0.2, 0.25) is 0 Å². The van der Waals surface area contributed by atoms with Crippen molar-refractivity contribution in [3.63, 3.8) is 0 Å². The van der Waals surface area contributed by atoms with Crippen LogP contribution in [0.3, 0.4) is 0 Å². The van der Waals surface area contributed by atoms with Crippen molar-refractivity contribution in [2.75, 3.05) is 36.5 Å². The third-order valence-electron chi connectivity index (χ3n) is 6.08. The average Bonchev–Trinajstić information content (AvgIpc) is 3.59. The zero-order valence-electron chi connectivity index (χ0n) is 17.4. The van der Waals surface area contributed by atoms with Crippen molar-refractivity contribution < 1.29 is 9.53 Å². The summed E-state index contributed by atoms with van der Waals surface area (Å²) in [6, 6.07) is 7.87. The molecule has 1 saturated carbocycles. The number of carbonyl (C=O) groups is 1. The van der Waals surface area contributed by atoms with Crippen LogP contribution < -0.4 is 15.8 Å². The van der Waals surface area contributed by atoms with Gasteiger partial charge in [-0.15, -0.1) is 0 Å². The molecule has 1 aliphatic heterocycles. The number of ether oxygens (including phenoxy) is 1. The van der Waals surface area contributed by atoms with Crippen LogP contribution in [0.5, 0.6) is 0 Å². The van der Waals surface area contributed by atoms with Crippen LogP contribution in [0.4, 0.5) is 11.5 Å². The number of aromatic amines is 1. The first kappa shape index (κ1) is 19.0. The molecule has 1 amide bonds. The molecule has 1 saturated heterocycles. The third-order valence-corrected chi connectivity index (χ3v) is 6.08. The van der Waals surface area contributed by atoms with E-state index in [4.69, 9.17) is 9.84 Å². The zero-order valence-corrected chi connectivity index (χ0v) is 17.4. The van der Waals surface area contributed by atoms with E-state index >= 15 is 0 Å². The first-order chi connectivity index (χ1) is 15.7. The van der Waals surface area contributed by atoms with E-state index in [-0.39, 0.29) is 17.4 Å². The molecule has 4 aromatic heterocycles. The number of aromatic nitrogens is 4. The van der Waals surface area contributed by atoms with Gasteiger partial charge in [-0.1, -0.05) is 0 Å². The highest BCUT2D eigenvalue weighted by atomic mass is 16.5. The quantitative estimate of drug-likeness (QED) is 0.515. The number of amides is 1. The minimum absolute atomic E-state index is 0.0217. The Labute approximate surface area is 183 Å². The number of H-pyrrole nitrogens is 1. The first-order valence-corrected chi connectivity index (χ1v) is 10.8. The second-order valence-electron chi connectivity index (χ2n) is 8.30. The van der Waals surface area contributed by atoms with Crippen molar-refractivity contribution in [1.82, 2.24) is 19.6 Å². The Balaban J connectivity index is 1.41. The molecule has 1 aliphatic carbocycles. The molecule has 0 bridgehead atoms. The lowest BCUT2D eigenvalue weighted by Gasteiger charge is -2.28. The molecular formula is C23H22N6O3. The second-order valence-corrected chi connectivity index (χ2v) is 8.30. The van der Waals surface area contributed by atoms with Gasteiger partial charge in [0.15, 0.2) is 0 Å². The second kappa shape index (κ2) is 7.45. The van der Waals surface area contributed by atoms with E-state index in [2.05, 4.69) is 26.3 Å². The molecule has 6 rings (SSSR count). The minimum Gasteiger partial charge on any atom is -0.378 e. The van der Waals surface area contributed by atoms with Crippen molar-refractivity contribution in [3.8, 4) is 11.3 Å². The van der Waals surface area contributed by atoms with Crippen LogP contribution >= 0.6 is 0 Å². The van der Waals surface area contributed by atoms with E-state index in [9.17, 15) is 9.59 Å². The van der Waals surface area contributed by atoms with Gasteiger partial charge in [0.1, 0.15) is 5.82 Å². The molecule has 4 aromatic rings. The van der Waals surface area contributed by atoms with Gasteiger partial charge in [-0.25, -0.2) is 9.50 Å². The van der Waals surface area contributed by atoms with Gasteiger partial charge < -0.3 is 19.9 Å². The maximum absolute atomic E-state index is 12.4. The van der Waals surface area contributed by atoms with E-state index in [1.807, 2.05) is 22.8 Å². The SMILES string of the molecule is O=C(Nc1cc2c(-c3cc4ccc(N5CCOCC5)cn4n3)c[nH]c(=O)c2cn1)C1CC1. The number of nitrogens with one attached hydrogen (secondary N) is 2. The third kappa shape index (κ3) is 3.40. The molecule has 2 fully saturated rings. The fraction of sp³-hybridized carbons (Fsp3) is 0.304. The molecule has 2 N–H and O–H groups in total. The van der Waals surface area contributed by atoms with Gasteiger partial charge in [-0.2, -0.15) is 5.10 Å². The fourth-order valence-electron chi connectivity index (χ4n) is 4.12. The van der Waals surface area contributed by atoms with E-state index in [1.165, 1.54) is 6.20 Å². The van der Waals surface area contributed by atoms with Gasteiger partial charge in [0, 0.05) is 42.4 Å². The van der Waals surface area contributed by atoms with Crippen LogP contribution in [0.25, 0.3) is 27.5 Å². The number of nitrogens with zero attached hydrogens (tertiary/aromatic N) is 4. The number of anilines is 2.